The zero-order valence-electron chi connectivity index (χ0n) is 64.0. The van der Waals surface area contributed by atoms with Gasteiger partial charge in [0.1, 0.15) is 73.1 Å². The number of hydrogen-bond donors (Lipinski definition) is 5. The van der Waals surface area contributed by atoms with Crippen LogP contribution in [-0.4, -0.2) is 294 Å². The van der Waals surface area contributed by atoms with Crippen molar-refractivity contribution in [2.45, 2.75) is 229 Å². The van der Waals surface area contributed by atoms with Crippen LogP contribution in [0, 0.1) is 41.4 Å². The number of nitrogens with zero attached hydrogens (tertiary/aromatic N) is 9. The summed E-state index contributed by atoms with van der Waals surface area (Å²) in [6.45, 7) is 26.3. The summed E-state index contributed by atoms with van der Waals surface area (Å²) in [5, 5.41) is 23.1. The van der Waals surface area contributed by atoms with E-state index in [-0.39, 0.29) is 82.6 Å². The first kappa shape index (κ1) is 89.1. The summed E-state index contributed by atoms with van der Waals surface area (Å²) in [6, 6.07) is -15.0. The Morgan fingerprint density at radius 3 is 1.47 bits per heavy atom. The number of aliphatic hydroxyl groups excluding tert-OH is 1. The fourth-order valence-electron chi connectivity index (χ4n) is 12.7. The maximum atomic E-state index is 15.3. The quantitative estimate of drug-likeness (QED) is 0.116. The smallest absolute Gasteiger partial charge is 0.390 e. The molecule has 0 radical (unpaired) electrons. The minimum Gasteiger partial charge on any atom is -0.390 e. The molecule has 2 aliphatic rings. The number of amides is 12. The van der Waals surface area contributed by atoms with Gasteiger partial charge in [0.15, 0.2) is 0 Å². The average molecular weight is 1430 g/mol. The number of nitrogens with one attached hydrogen (secondary N) is 4. The Morgan fingerprint density at radius 2 is 0.990 bits per heavy atom. The van der Waals surface area contributed by atoms with Crippen LogP contribution in [-0.2, 0) is 62.3 Å². The number of alkyl halides is 3. The van der Waals surface area contributed by atoms with Gasteiger partial charge in [-0.3, -0.25) is 62.4 Å². The molecular weight excluding hydrogens is 1300 g/mol. The molecule has 572 valence electrons. The van der Waals surface area contributed by atoms with Gasteiger partial charge in [-0.25, -0.2) is 0 Å². The van der Waals surface area contributed by atoms with Gasteiger partial charge < -0.3 is 70.3 Å². The van der Waals surface area contributed by atoms with E-state index in [1.165, 1.54) is 94.6 Å². The molecule has 0 aromatic carbocycles. The van der Waals surface area contributed by atoms with E-state index >= 15 is 28.8 Å². The first-order chi connectivity index (χ1) is 46.2. The van der Waals surface area contributed by atoms with Crippen LogP contribution in [0.15, 0.2) is 12.2 Å². The second-order valence-electron chi connectivity index (χ2n) is 29.5. The molecule has 0 spiro atoms. The molecule has 0 aliphatic carbocycles. The number of halogens is 3. The van der Waals surface area contributed by atoms with Gasteiger partial charge in [-0.05, 0) is 95.3 Å². The van der Waals surface area contributed by atoms with E-state index in [4.69, 9.17) is 4.74 Å². The molecule has 14 atom stereocenters. The number of hydrogen-bond acceptors (Lipinski definition) is 15. The molecule has 2 aliphatic heterocycles. The van der Waals surface area contributed by atoms with Crippen LogP contribution >= 0.6 is 0 Å². The number of aliphatic hydroxyl groups is 1. The van der Waals surface area contributed by atoms with Crippen molar-refractivity contribution in [3.63, 3.8) is 0 Å². The lowest BCUT2D eigenvalue weighted by Crippen LogP contribution is -2.64. The van der Waals surface area contributed by atoms with Crippen molar-refractivity contribution >= 4 is 70.9 Å². The van der Waals surface area contributed by atoms with Crippen LogP contribution in [0.3, 0.4) is 0 Å². The van der Waals surface area contributed by atoms with Crippen LogP contribution in [0.1, 0.15) is 150 Å². The summed E-state index contributed by atoms with van der Waals surface area (Å²) in [6.07, 6.45) is -2.02. The maximum absolute atomic E-state index is 15.3. The second kappa shape index (κ2) is 40.0. The third-order valence-corrected chi connectivity index (χ3v) is 19.1. The Hall–Kier alpha value is -6.95. The number of piperazine rings is 1. The first-order valence-corrected chi connectivity index (χ1v) is 35.2. The molecule has 5 N–H and O–H groups in total. The van der Waals surface area contributed by atoms with Crippen LogP contribution in [0.2, 0.25) is 0 Å². The topological polar surface area (TPSA) is 312 Å². The van der Waals surface area contributed by atoms with E-state index in [0.717, 1.165) is 19.6 Å². The van der Waals surface area contributed by atoms with Gasteiger partial charge >= 0.3 is 6.18 Å². The van der Waals surface area contributed by atoms with Gasteiger partial charge in [0.2, 0.25) is 70.9 Å². The van der Waals surface area contributed by atoms with Crippen molar-refractivity contribution in [2.24, 2.45) is 41.4 Å². The molecule has 0 aromatic rings. The molecule has 100 heavy (non-hydrogen) atoms. The second-order valence-corrected chi connectivity index (χ2v) is 29.5. The van der Waals surface area contributed by atoms with Gasteiger partial charge in [0, 0.05) is 81.4 Å². The number of likely N-dealkylation sites (N-methyl/N-ethyl adjacent to an activating group) is 7. The van der Waals surface area contributed by atoms with Gasteiger partial charge in [0.25, 0.3) is 0 Å². The van der Waals surface area contributed by atoms with E-state index in [2.05, 4.69) is 21.3 Å². The lowest BCUT2D eigenvalue weighted by Gasteiger charge is -2.41. The molecule has 12 amide bonds. The lowest BCUT2D eigenvalue weighted by atomic mass is 9.91. The number of allylic oxidation sites excluding steroid dienone is 2. The molecule has 0 saturated carbocycles. The molecule has 27 nitrogen and oxygen atoms in total. The van der Waals surface area contributed by atoms with E-state index in [0.29, 0.717) is 0 Å². The van der Waals surface area contributed by atoms with Crippen molar-refractivity contribution < 1.29 is 80.5 Å². The summed E-state index contributed by atoms with van der Waals surface area (Å²) in [5.74, 6) is -12.6. The highest BCUT2D eigenvalue weighted by Crippen LogP contribution is 2.27. The van der Waals surface area contributed by atoms with Crippen LogP contribution in [0.4, 0.5) is 13.2 Å². The van der Waals surface area contributed by atoms with Crippen molar-refractivity contribution in [1.82, 2.24) is 65.4 Å². The Morgan fingerprint density at radius 1 is 0.530 bits per heavy atom. The normalized spacial score (nSPS) is 27.0. The molecule has 30 heteroatoms. The summed E-state index contributed by atoms with van der Waals surface area (Å²) in [4.78, 5) is 187. The van der Waals surface area contributed by atoms with Crippen LogP contribution < -0.4 is 21.3 Å². The molecule has 2 rings (SSSR count). The fraction of sp³-hybridized carbons (Fsp3) is 0.800. The van der Waals surface area contributed by atoms with E-state index in [1.807, 2.05) is 41.5 Å². The zero-order valence-corrected chi connectivity index (χ0v) is 64.0. The highest BCUT2D eigenvalue weighted by Gasteiger charge is 2.47. The van der Waals surface area contributed by atoms with Crippen LogP contribution in [0.25, 0.3) is 0 Å². The predicted octanol–water partition coefficient (Wildman–Crippen LogP) is 2.97. The van der Waals surface area contributed by atoms with Crippen molar-refractivity contribution in [2.75, 3.05) is 95.3 Å². The first-order valence-electron chi connectivity index (χ1n) is 35.2. The third kappa shape index (κ3) is 24.9. The summed E-state index contributed by atoms with van der Waals surface area (Å²) < 4.78 is 45.4. The molecule has 2 saturated heterocycles. The van der Waals surface area contributed by atoms with E-state index in [9.17, 15) is 47.0 Å². The minimum atomic E-state index is -4.43. The predicted molar refractivity (Wildman–Crippen MR) is 373 cm³/mol. The summed E-state index contributed by atoms with van der Waals surface area (Å²) in [7, 11) is 9.52. The highest BCUT2D eigenvalue weighted by atomic mass is 19.4. The molecular formula is C70H122F3N13O14. The number of carbonyl (C=O) groups is 12. The summed E-state index contributed by atoms with van der Waals surface area (Å²) >= 11 is 0. The summed E-state index contributed by atoms with van der Waals surface area (Å²) in [5.41, 5.74) is 0. The number of ether oxygens (including phenoxy) is 1. The van der Waals surface area contributed by atoms with E-state index < -0.39 is 186 Å². The maximum Gasteiger partial charge on any atom is 0.401 e. The SMILES string of the molecule is C/C=C/C[C@@H](C)[C@@H](O)[C@H]1C(=O)N[C@@H](CC)C(=O)N(C)[C@H](C)C(=O)N(C)[C@@H]([C@H](C)COCC(=O)N2CCN(CC(F)(F)F)CC2)C(=O)N[C@@H](C(C)C)C(=O)N(C)[C@@H](CC(C)C)C(=O)N[C@@H](C)C(=O)N[C@H](C)C(=O)N(C)[C@@H](CC(C)C)C(=O)N(C)[C@@H](CC(C)C)C(=O)N(C)[C@@H](C(C)C)C(=O)N1C. The standard InChI is InChI=1S/C70H122F3N13O14/c1-25-27-28-44(13)58(88)57-62(92)76-49(26-2)65(95)78(18)48(17)64(94)83(23)56(45(14)36-100-37-53(87)86-31-29-85(30-32-86)38-70(71,72)73)61(91)77-54(42(9)10)68(98)79(19)50(33-39(3)4)60(90)74-46(15)59(89)75-47(16)63(93)80(20)51(34-40(5)6)66(96)81(21)52(35-41(7)8)67(97)82(22)55(43(11)12)69(99)84(57)24/h25,27,39-52,54-58,88H,26,28-38H2,1-24H3,(H,74,90)(H,75,89)(H,76,92)(H,77,91)/b27-25+/t44-,45-,46+,47-,48-,49+,50+,51+,52+,54+,55+,56+,57+,58-/m1/s1. The highest BCUT2D eigenvalue weighted by molar-refractivity contribution is 6.00. The van der Waals surface area contributed by atoms with E-state index in [1.54, 1.807) is 67.5 Å². The van der Waals surface area contributed by atoms with Gasteiger partial charge in [0.05, 0.1) is 19.3 Å². The Labute approximate surface area is 592 Å². The Balaban J connectivity index is 3.01. The third-order valence-electron chi connectivity index (χ3n) is 19.1. The lowest BCUT2D eigenvalue weighted by molar-refractivity contribution is -0.157. The average Bonchev–Trinajstić information content (AvgIpc) is 0.801. The molecule has 0 aromatic heterocycles. The van der Waals surface area contributed by atoms with Crippen LogP contribution in [0.5, 0.6) is 0 Å². The van der Waals surface area contributed by atoms with Crippen molar-refractivity contribution in [3.05, 3.63) is 12.2 Å². The van der Waals surface area contributed by atoms with Gasteiger partial charge in [-0.1, -0.05) is 102 Å². The largest absolute Gasteiger partial charge is 0.401 e. The molecule has 2 heterocycles. The fourth-order valence-corrected chi connectivity index (χ4v) is 12.7. The van der Waals surface area contributed by atoms with Gasteiger partial charge in [-0.15, -0.1) is 0 Å². The Kier molecular flexibility index (Phi) is 35.7. The zero-order chi connectivity index (χ0) is 77.0. The Bertz CT molecular complexity index is 2820. The van der Waals surface area contributed by atoms with Crippen molar-refractivity contribution in [3.8, 4) is 0 Å². The molecule has 2 fully saturated rings. The number of rotatable bonds is 19. The number of carbonyl (C=O) groups excluding carboxylic acids is 12. The minimum absolute atomic E-state index is 0.00821. The van der Waals surface area contributed by atoms with Crippen molar-refractivity contribution in [1.29, 1.82) is 0 Å². The monoisotopic (exact) mass is 1430 g/mol. The molecule has 0 bridgehead atoms. The molecule has 0 unspecified atom stereocenters. The van der Waals surface area contributed by atoms with Gasteiger partial charge in [-0.2, -0.15) is 13.2 Å².